The summed E-state index contributed by atoms with van der Waals surface area (Å²) in [7, 11) is 0. The van der Waals surface area contributed by atoms with E-state index in [0.717, 1.165) is 5.57 Å². The van der Waals surface area contributed by atoms with Crippen molar-refractivity contribution in [3.8, 4) is 0 Å². The lowest BCUT2D eigenvalue weighted by Gasteiger charge is -2.15. The molecule has 1 atom stereocenters. The molecule has 0 aromatic rings. The van der Waals surface area contributed by atoms with Gasteiger partial charge in [-0.3, -0.25) is 4.79 Å². The number of carbonyl (C=O) groups is 1. The Hall–Kier alpha value is -1.62. The highest BCUT2D eigenvalue weighted by atomic mass is 19.1. The van der Waals surface area contributed by atoms with Gasteiger partial charge in [0.25, 0.3) is 0 Å². The topological polar surface area (TPSA) is 67.2 Å². The number of nitrogens with one attached hydrogen (secondary N) is 2. The number of allylic oxidation sites excluding steroid dienone is 3. The van der Waals surface area contributed by atoms with E-state index < -0.39 is 0 Å². The van der Waals surface area contributed by atoms with Crippen molar-refractivity contribution in [2.75, 3.05) is 6.54 Å². The number of carbonyl (C=O) groups excluding carboxylic acids is 1. The SMILES string of the molecule is C\C=C(C)/C=C(NC[C@@H](C)N)\C(=C\F)NC=O. The molecule has 96 valence electrons. The van der Waals surface area contributed by atoms with Gasteiger partial charge in [0.2, 0.25) is 6.41 Å². The van der Waals surface area contributed by atoms with Gasteiger partial charge in [0, 0.05) is 12.6 Å². The molecule has 4 N–H and O–H groups in total. The fraction of sp³-hybridized carbons (Fsp3) is 0.417. The predicted octanol–water partition coefficient (Wildman–Crippen LogP) is 1.33. The van der Waals surface area contributed by atoms with E-state index in [1.165, 1.54) is 0 Å². The van der Waals surface area contributed by atoms with Crippen LogP contribution in [0.25, 0.3) is 0 Å². The van der Waals surface area contributed by atoms with Crippen LogP contribution in [0.15, 0.2) is 35.4 Å². The van der Waals surface area contributed by atoms with Crippen LogP contribution in [0.4, 0.5) is 4.39 Å². The van der Waals surface area contributed by atoms with E-state index in [4.69, 9.17) is 5.73 Å². The molecular formula is C12H20FN3O. The zero-order chi connectivity index (χ0) is 13.3. The summed E-state index contributed by atoms with van der Waals surface area (Å²) in [5.41, 5.74) is 7.14. The molecule has 0 heterocycles. The van der Waals surface area contributed by atoms with Crippen molar-refractivity contribution in [3.63, 3.8) is 0 Å². The molecule has 0 aromatic carbocycles. The highest BCUT2D eigenvalue weighted by Gasteiger charge is 2.05. The second-order valence-electron chi connectivity index (χ2n) is 3.73. The van der Waals surface area contributed by atoms with E-state index in [0.29, 0.717) is 25.0 Å². The van der Waals surface area contributed by atoms with Crippen LogP contribution >= 0.6 is 0 Å². The summed E-state index contributed by atoms with van der Waals surface area (Å²) < 4.78 is 12.7. The van der Waals surface area contributed by atoms with E-state index in [9.17, 15) is 9.18 Å². The van der Waals surface area contributed by atoms with Crippen LogP contribution in [-0.4, -0.2) is 19.0 Å². The Balaban J connectivity index is 4.95. The van der Waals surface area contributed by atoms with Crippen molar-refractivity contribution in [1.82, 2.24) is 10.6 Å². The molecule has 0 aliphatic carbocycles. The zero-order valence-electron chi connectivity index (χ0n) is 10.5. The van der Waals surface area contributed by atoms with Gasteiger partial charge in [-0.05, 0) is 26.8 Å². The van der Waals surface area contributed by atoms with Crippen LogP contribution in [0.1, 0.15) is 20.8 Å². The van der Waals surface area contributed by atoms with Gasteiger partial charge < -0.3 is 16.4 Å². The molecule has 0 aliphatic heterocycles. The summed E-state index contributed by atoms with van der Waals surface area (Å²) in [4.78, 5) is 10.4. The lowest BCUT2D eigenvalue weighted by atomic mass is 10.2. The average molecular weight is 241 g/mol. The highest BCUT2D eigenvalue weighted by molar-refractivity contribution is 5.53. The van der Waals surface area contributed by atoms with Crippen molar-refractivity contribution in [1.29, 1.82) is 0 Å². The maximum absolute atomic E-state index is 12.7. The minimum atomic E-state index is -0.0681. The fourth-order valence-electron chi connectivity index (χ4n) is 1.04. The first kappa shape index (κ1) is 15.4. The molecule has 0 bridgehead atoms. The molecule has 17 heavy (non-hydrogen) atoms. The molecule has 5 heteroatoms. The maximum atomic E-state index is 12.7. The molecule has 0 saturated heterocycles. The zero-order valence-corrected chi connectivity index (χ0v) is 10.5. The third kappa shape index (κ3) is 6.52. The van der Waals surface area contributed by atoms with Gasteiger partial charge in [-0.25, -0.2) is 4.39 Å². The molecule has 0 rings (SSSR count). The normalized spacial score (nSPS) is 15.5. The molecule has 0 aromatic heterocycles. The molecule has 0 fully saturated rings. The van der Waals surface area contributed by atoms with Crippen molar-refractivity contribution in [3.05, 3.63) is 35.4 Å². The van der Waals surface area contributed by atoms with Gasteiger partial charge in [0.05, 0.1) is 11.4 Å². The van der Waals surface area contributed by atoms with Crippen molar-refractivity contribution >= 4 is 6.41 Å². The van der Waals surface area contributed by atoms with Gasteiger partial charge >= 0.3 is 0 Å². The van der Waals surface area contributed by atoms with Crippen molar-refractivity contribution in [2.45, 2.75) is 26.8 Å². The fourth-order valence-corrected chi connectivity index (χ4v) is 1.04. The van der Waals surface area contributed by atoms with Crippen molar-refractivity contribution in [2.24, 2.45) is 5.73 Å². The Morgan fingerprint density at radius 2 is 2.12 bits per heavy atom. The largest absolute Gasteiger partial charge is 0.382 e. The van der Waals surface area contributed by atoms with Crippen LogP contribution < -0.4 is 16.4 Å². The van der Waals surface area contributed by atoms with E-state index >= 15 is 0 Å². The number of hydrogen-bond donors (Lipinski definition) is 3. The smallest absolute Gasteiger partial charge is 0.211 e. The van der Waals surface area contributed by atoms with Gasteiger partial charge in [0.1, 0.15) is 6.33 Å². The molecule has 0 spiro atoms. The van der Waals surface area contributed by atoms with E-state index in [1.807, 2.05) is 26.8 Å². The number of rotatable bonds is 7. The number of nitrogens with two attached hydrogens (primary N) is 1. The molecule has 0 saturated carbocycles. The van der Waals surface area contributed by atoms with E-state index in [2.05, 4.69) is 10.6 Å². The Bertz CT molecular complexity index is 333. The monoisotopic (exact) mass is 241 g/mol. The Morgan fingerprint density at radius 1 is 1.47 bits per heavy atom. The standard InChI is InChI=1S/C12H20FN3O/c1-4-9(2)5-11(15-7-10(3)14)12(6-13)16-8-17/h4-6,8,10,15H,7,14H2,1-3H3,(H,16,17)/b9-4-,11-5+,12-6-/t10-/m1/s1. The Morgan fingerprint density at radius 3 is 2.53 bits per heavy atom. The van der Waals surface area contributed by atoms with Gasteiger partial charge in [-0.15, -0.1) is 0 Å². The quantitative estimate of drug-likeness (QED) is 0.465. The first-order chi connectivity index (χ1) is 8.04. The first-order valence-electron chi connectivity index (χ1n) is 5.40. The molecule has 4 nitrogen and oxygen atoms in total. The minimum absolute atomic E-state index is 0.0681. The van der Waals surface area contributed by atoms with Gasteiger partial charge in [-0.2, -0.15) is 0 Å². The molecule has 0 radical (unpaired) electrons. The van der Waals surface area contributed by atoms with Crippen LogP contribution in [0.5, 0.6) is 0 Å². The number of amides is 1. The summed E-state index contributed by atoms with van der Waals surface area (Å²) in [5, 5.41) is 5.28. The Labute approximate surface area is 101 Å². The van der Waals surface area contributed by atoms with Crippen LogP contribution in [-0.2, 0) is 4.79 Å². The lowest BCUT2D eigenvalue weighted by Crippen LogP contribution is -2.33. The predicted molar refractivity (Wildman–Crippen MR) is 67.6 cm³/mol. The first-order valence-corrected chi connectivity index (χ1v) is 5.40. The number of halogens is 1. The van der Waals surface area contributed by atoms with Crippen LogP contribution in [0, 0.1) is 0 Å². The molecule has 0 aliphatic rings. The van der Waals surface area contributed by atoms with Crippen LogP contribution in [0.2, 0.25) is 0 Å². The molecule has 0 unspecified atom stereocenters. The van der Waals surface area contributed by atoms with E-state index in [1.54, 1.807) is 6.08 Å². The second-order valence-corrected chi connectivity index (χ2v) is 3.73. The summed E-state index contributed by atoms with van der Waals surface area (Å²) in [6.07, 6.45) is 4.39. The maximum Gasteiger partial charge on any atom is 0.211 e. The Kier molecular flexibility index (Phi) is 7.71. The third-order valence-electron chi connectivity index (χ3n) is 2.06. The summed E-state index contributed by atoms with van der Waals surface area (Å²) >= 11 is 0. The van der Waals surface area contributed by atoms with Crippen LogP contribution in [0.3, 0.4) is 0 Å². The number of hydrogen-bond acceptors (Lipinski definition) is 3. The van der Waals surface area contributed by atoms with Gasteiger partial charge in [-0.1, -0.05) is 11.6 Å². The summed E-state index contributed by atoms with van der Waals surface area (Å²) in [6, 6.07) is -0.0681. The third-order valence-corrected chi connectivity index (χ3v) is 2.06. The minimum Gasteiger partial charge on any atom is -0.382 e. The second kappa shape index (κ2) is 8.52. The van der Waals surface area contributed by atoms with Gasteiger partial charge in [0.15, 0.2) is 0 Å². The molecule has 1 amide bonds. The lowest BCUT2D eigenvalue weighted by molar-refractivity contribution is -0.108. The van der Waals surface area contributed by atoms with Crippen molar-refractivity contribution < 1.29 is 9.18 Å². The summed E-state index contributed by atoms with van der Waals surface area (Å²) in [6.45, 7) is 6.07. The van der Waals surface area contributed by atoms with E-state index in [-0.39, 0.29) is 11.7 Å². The summed E-state index contributed by atoms with van der Waals surface area (Å²) in [5.74, 6) is 0. The average Bonchev–Trinajstić information content (AvgIpc) is 2.31. The molecular weight excluding hydrogens is 221 g/mol. The highest BCUT2D eigenvalue weighted by Crippen LogP contribution is 2.08.